The van der Waals surface area contributed by atoms with Gasteiger partial charge in [-0.25, -0.2) is 4.98 Å². The topological polar surface area (TPSA) is 26.0 Å². The van der Waals surface area contributed by atoms with E-state index in [1.807, 2.05) is 11.6 Å². The molecule has 3 aromatic rings. The summed E-state index contributed by atoms with van der Waals surface area (Å²) in [6.45, 7) is 5.41. The van der Waals surface area contributed by atoms with Crippen LogP contribution >= 0.6 is 11.3 Å². The number of thiazole rings is 1. The summed E-state index contributed by atoms with van der Waals surface area (Å²) in [7, 11) is 0. The van der Waals surface area contributed by atoms with Gasteiger partial charge < -0.3 is 4.57 Å². The summed E-state index contributed by atoms with van der Waals surface area (Å²) in [6.07, 6.45) is 6.15. The van der Waals surface area contributed by atoms with Crippen LogP contribution in [-0.4, -0.2) is 25.6 Å². The molecule has 0 saturated heterocycles. The highest BCUT2D eigenvalue weighted by atomic mass is 32.1. The Morgan fingerprint density at radius 1 is 1.24 bits per heavy atom. The first-order valence-electron chi connectivity index (χ1n) is 7.28. The first kappa shape index (κ1) is 12.9. The lowest BCUT2D eigenvalue weighted by Gasteiger charge is -2.34. The monoisotopic (exact) mass is 298 g/mol. The Morgan fingerprint density at radius 3 is 3.00 bits per heavy atom. The number of nitrogens with zero attached hydrogens (tertiary/aromatic N) is 4. The minimum absolute atomic E-state index is 0.452. The zero-order valence-electron chi connectivity index (χ0n) is 12.0. The average Bonchev–Trinajstić information content (AvgIpc) is 3.21. The second kappa shape index (κ2) is 5.16. The van der Waals surface area contributed by atoms with Crippen LogP contribution in [0.1, 0.15) is 24.4 Å². The molecule has 1 atom stereocenters. The van der Waals surface area contributed by atoms with Crippen LogP contribution in [0.4, 0.5) is 0 Å². The van der Waals surface area contributed by atoms with E-state index < -0.39 is 0 Å². The molecule has 1 aliphatic rings. The van der Waals surface area contributed by atoms with E-state index in [1.165, 1.54) is 11.4 Å². The first-order chi connectivity index (χ1) is 10.3. The number of hydrogen-bond donors (Lipinski definition) is 0. The zero-order valence-corrected chi connectivity index (χ0v) is 12.8. The van der Waals surface area contributed by atoms with Gasteiger partial charge in [0, 0.05) is 61.0 Å². The Labute approximate surface area is 128 Å². The van der Waals surface area contributed by atoms with Gasteiger partial charge in [0.15, 0.2) is 5.13 Å². The van der Waals surface area contributed by atoms with Crippen molar-refractivity contribution in [3.05, 3.63) is 59.6 Å². The second-order valence-corrected chi connectivity index (χ2v) is 6.33. The van der Waals surface area contributed by atoms with Crippen molar-refractivity contribution in [2.75, 3.05) is 6.54 Å². The fourth-order valence-corrected chi connectivity index (χ4v) is 3.77. The van der Waals surface area contributed by atoms with Gasteiger partial charge in [0.1, 0.15) is 0 Å². The Kier molecular flexibility index (Phi) is 3.16. The minimum Gasteiger partial charge on any atom is -0.349 e. The molecule has 108 valence electrons. The van der Waals surface area contributed by atoms with Gasteiger partial charge in [-0.1, -0.05) is 0 Å². The number of fused-ring (bicyclic) bond motifs is 1. The van der Waals surface area contributed by atoms with Gasteiger partial charge in [-0.2, -0.15) is 0 Å². The number of rotatable bonds is 3. The van der Waals surface area contributed by atoms with E-state index in [4.69, 9.17) is 0 Å². The van der Waals surface area contributed by atoms with Crippen molar-refractivity contribution in [3.63, 3.8) is 0 Å². The molecule has 0 bridgehead atoms. The molecular weight excluding hydrogens is 280 g/mol. The van der Waals surface area contributed by atoms with E-state index in [0.717, 1.165) is 24.8 Å². The Bertz CT molecular complexity index is 725. The molecule has 0 radical (unpaired) electrons. The van der Waals surface area contributed by atoms with Crippen LogP contribution in [0.5, 0.6) is 0 Å². The van der Waals surface area contributed by atoms with Crippen LogP contribution in [0, 0.1) is 0 Å². The van der Waals surface area contributed by atoms with Crippen LogP contribution in [0.25, 0.3) is 5.13 Å². The van der Waals surface area contributed by atoms with Crippen molar-refractivity contribution in [2.24, 2.45) is 0 Å². The van der Waals surface area contributed by atoms with Gasteiger partial charge in [0.25, 0.3) is 0 Å². The Balaban J connectivity index is 1.59. The van der Waals surface area contributed by atoms with Crippen molar-refractivity contribution < 1.29 is 0 Å². The second-order valence-electron chi connectivity index (χ2n) is 5.46. The van der Waals surface area contributed by atoms with Crippen molar-refractivity contribution >= 4 is 11.3 Å². The summed E-state index contributed by atoms with van der Waals surface area (Å²) >= 11 is 1.68. The van der Waals surface area contributed by atoms with Gasteiger partial charge in [0.05, 0.1) is 0 Å². The van der Waals surface area contributed by atoms with Crippen molar-refractivity contribution in [1.82, 2.24) is 19.0 Å². The van der Waals surface area contributed by atoms with Crippen LogP contribution in [0.3, 0.4) is 0 Å². The summed E-state index contributed by atoms with van der Waals surface area (Å²) in [4.78, 5) is 6.95. The maximum absolute atomic E-state index is 4.42. The maximum Gasteiger partial charge on any atom is 0.193 e. The molecule has 0 saturated carbocycles. The molecule has 4 heterocycles. The Hall–Kier alpha value is -1.85. The molecule has 5 heteroatoms. The molecule has 0 fully saturated rings. The van der Waals surface area contributed by atoms with Crippen LogP contribution < -0.4 is 0 Å². The lowest BCUT2D eigenvalue weighted by Crippen LogP contribution is -2.36. The van der Waals surface area contributed by atoms with E-state index in [0.29, 0.717) is 6.04 Å². The third-order valence-corrected chi connectivity index (χ3v) is 5.06. The molecule has 0 spiro atoms. The molecule has 4 rings (SSSR count). The van der Waals surface area contributed by atoms with Crippen LogP contribution in [0.2, 0.25) is 0 Å². The van der Waals surface area contributed by atoms with Gasteiger partial charge >= 0.3 is 0 Å². The summed E-state index contributed by atoms with van der Waals surface area (Å²) in [5.41, 5.74) is 2.71. The predicted octanol–water partition coefficient (Wildman–Crippen LogP) is 3.31. The SMILES string of the molecule is C[C@@H]1c2cccn2CCN1Cc1cccn1-c1nccs1. The van der Waals surface area contributed by atoms with Crippen LogP contribution in [0.15, 0.2) is 48.2 Å². The van der Waals surface area contributed by atoms with E-state index in [-0.39, 0.29) is 0 Å². The minimum atomic E-state index is 0.452. The van der Waals surface area contributed by atoms with Gasteiger partial charge in [0.2, 0.25) is 0 Å². The van der Waals surface area contributed by atoms with Gasteiger partial charge in [-0.05, 0) is 31.2 Å². The third-order valence-electron chi connectivity index (χ3n) is 4.29. The van der Waals surface area contributed by atoms with E-state index in [1.54, 1.807) is 11.3 Å². The normalized spacial score (nSPS) is 18.8. The zero-order chi connectivity index (χ0) is 14.2. The summed E-state index contributed by atoms with van der Waals surface area (Å²) < 4.78 is 4.56. The summed E-state index contributed by atoms with van der Waals surface area (Å²) in [6, 6.07) is 9.13. The number of hydrogen-bond acceptors (Lipinski definition) is 3. The highest BCUT2D eigenvalue weighted by Crippen LogP contribution is 2.27. The largest absolute Gasteiger partial charge is 0.349 e. The van der Waals surface area contributed by atoms with E-state index in [2.05, 4.69) is 62.6 Å². The van der Waals surface area contributed by atoms with Crippen LogP contribution in [-0.2, 0) is 13.1 Å². The van der Waals surface area contributed by atoms with E-state index in [9.17, 15) is 0 Å². The predicted molar refractivity (Wildman–Crippen MR) is 84.7 cm³/mol. The molecule has 1 aliphatic heterocycles. The molecule has 3 aromatic heterocycles. The smallest absolute Gasteiger partial charge is 0.193 e. The lowest BCUT2D eigenvalue weighted by atomic mass is 10.1. The Morgan fingerprint density at radius 2 is 2.14 bits per heavy atom. The standard InChI is InChI=1S/C16H18N4S/c1-13-15-5-3-7-18(15)9-10-19(13)12-14-4-2-8-20(14)16-17-6-11-21-16/h2-8,11,13H,9-10,12H2,1H3/t13-/m1/s1. The molecule has 0 unspecified atom stereocenters. The summed E-state index contributed by atoms with van der Waals surface area (Å²) in [5.74, 6) is 0. The van der Waals surface area contributed by atoms with Crippen molar-refractivity contribution in [2.45, 2.75) is 26.1 Å². The highest BCUT2D eigenvalue weighted by Gasteiger charge is 2.24. The summed E-state index contributed by atoms with van der Waals surface area (Å²) in [5, 5.41) is 3.07. The first-order valence-corrected chi connectivity index (χ1v) is 8.16. The highest BCUT2D eigenvalue weighted by molar-refractivity contribution is 7.12. The molecule has 0 aliphatic carbocycles. The molecule has 21 heavy (non-hydrogen) atoms. The third kappa shape index (κ3) is 2.22. The van der Waals surface area contributed by atoms with Gasteiger partial charge in [-0.3, -0.25) is 9.47 Å². The number of aromatic nitrogens is 3. The molecule has 0 amide bonds. The maximum atomic E-state index is 4.42. The fraction of sp³-hybridized carbons (Fsp3) is 0.312. The molecule has 4 nitrogen and oxygen atoms in total. The van der Waals surface area contributed by atoms with Crippen molar-refractivity contribution in [3.8, 4) is 5.13 Å². The fourth-order valence-electron chi connectivity index (χ4n) is 3.12. The molecular formula is C16H18N4S. The van der Waals surface area contributed by atoms with Gasteiger partial charge in [-0.15, -0.1) is 11.3 Å². The van der Waals surface area contributed by atoms with E-state index >= 15 is 0 Å². The molecule has 0 aromatic carbocycles. The lowest BCUT2D eigenvalue weighted by molar-refractivity contribution is 0.158. The quantitative estimate of drug-likeness (QED) is 0.741. The van der Waals surface area contributed by atoms with Crippen molar-refractivity contribution in [1.29, 1.82) is 0 Å². The average molecular weight is 298 g/mol. The molecule has 0 N–H and O–H groups in total.